The fourth-order valence-corrected chi connectivity index (χ4v) is 2.27. The van der Waals surface area contributed by atoms with Crippen molar-refractivity contribution >= 4 is 18.3 Å². The molecule has 1 rings (SSSR count). The maximum atomic E-state index is 11.5. The summed E-state index contributed by atoms with van der Waals surface area (Å²) in [5.74, 6) is 1.57. The van der Waals surface area contributed by atoms with Gasteiger partial charge in [0.05, 0.1) is 0 Å². The first-order valence-electron chi connectivity index (χ1n) is 6.11. The Labute approximate surface area is 105 Å². The van der Waals surface area contributed by atoms with Gasteiger partial charge in [0.1, 0.15) is 0 Å². The third-order valence-electron chi connectivity index (χ3n) is 3.41. The van der Waals surface area contributed by atoms with Gasteiger partial charge >= 0.3 is 0 Å². The van der Waals surface area contributed by atoms with Crippen molar-refractivity contribution in [3.05, 3.63) is 0 Å². The van der Waals surface area contributed by atoms with Gasteiger partial charge in [-0.2, -0.15) is 0 Å². The van der Waals surface area contributed by atoms with E-state index >= 15 is 0 Å². The lowest BCUT2D eigenvalue weighted by molar-refractivity contribution is -0.124. The number of nitrogens with one attached hydrogen (secondary N) is 1. The zero-order valence-corrected chi connectivity index (χ0v) is 11.2. The van der Waals surface area contributed by atoms with Crippen molar-refractivity contribution in [2.24, 2.45) is 23.5 Å². The Bertz CT molecular complexity index is 211. The molecule has 0 radical (unpaired) electrons. The van der Waals surface area contributed by atoms with Crippen LogP contribution in [-0.2, 0) is 4.79 Å². The van der Waals surface area contributed by atoms with Gasteiger partial charge in [0.15, 0.2) is 0 Å². The average Bonchev–Trinajstić information content (AvgIpc) is 2.25. The molecule has 1 aliphatic carbocycles. The monoisotopic (exact) mass is 248 g/mol. The van der Waals surface area contributed by atoms with E-state index in [0.717, 1.165) is 12.5 Å². The van der Waals surface area contributed by atoms with Crippen molar-refractivity contribution in [1.29, 1.82) is 0 Å². The molecule has 1 saturated carbocycles. The van der Waals surface area contributed by atoms with Gasteiger partial charge in [0.25, 0.3) is 0 Å². The van der Waals surface area contributed by atoms with Gasteiger partial charge in [0.2, 0.25) is 5.91 Å². The van der Waals surface area contributed by atoms with E-state index in [0.29, 0.717) is 12.5 Å². The van der Waals surface area contributed by atoms with Crippen LogP contribution in [0.1, 0.15) is 39.5 Å². The number of hydrogen-bond donors (Lipinski definition) is 2. The van der Waals surface area contributed by atoms with Crippen LogP contribution in [0.3, 0.4) is 0 Å². The third-order valence-corrected chi connectivity index (χ3v) is 3.41. The Kier molecular flexibility index (Phi) is 7.77. The summed E-state index contributed by atoms with van der Waals surface area (Å²) in [4.78, 5) is 11.5. The molecular formula is C12H25ClN2O. The highest BCUT2D eigenvalue weighted by atomic mass is 35.5. The molecule has 4 heteroatoms. The first kappa shape index (κ1) is 15.7. The molecule has 0 saturated heterocycles. The first-order valence-corrected chi connectivity index (χ1v) is 6.11. The molecule has 0 spiro atoms. The molecule has 0 aliphatic heterocycles. The number of amides is 1. The molecule has 0 bridgehead atoms. The standard InChI is InChI=1S/C12H24N2O.ClH/c1-9-4-3-5-11(6-9)8-14-12(15)10(2)7-13;/h9-11H,3-8,13H2,1-2H3,(H,14,15);1H. The van der Waals surface area contributed by atoms with Crippen molar-refractivity contribution in [2.45, 2.75) is 39.5 Å². The van der Waals surface area contributed by atoms with E-state index in [1.165, 1.54) is 25.7 Å². The van der Waals surface area contributed by atoms with Gasteiger partial charge in [-0.25, -0.2) is 0 Å². The summed E-state index contributed by atoms with van der Waals surface area (Å²) >= 11 is 0. The molecule has 1 aliphatic rings. The molecule has 16 heavy (non-hydrogen) atoms. The largest absolute Gasteiger partial charge is 0.356 e. The van der Waals surface area contributed by atoms with Crippen LogP contribution < -0.4 is 11.1 Å². The summed E-state index contributed by atoms with van der Waals surface area (Å²) in [7, 11) is 0. The van der Waals surface area contributed by atoms with Crippen LogP contribution in [0.5, 0.6) is 0 Å². The Morgan fingerprint density at radius 1 is 1.50 bits per heavy atom. The van der Waals surface area contributed by atoms with E-state index in [1.807, 2.05) is 6.92 Å². The molecule has 96 valence electrons. The highest BCUT2D eigenvalue weighted by molar-refractivity contribution is 5.85. The number of carbonyl (C=O) groups excluding carboxylic acids is 1. The van der Waals surface area contributed by atoms with Gasteiger partial charge in [0, 0.05) is 19.0 Å². The lowest BCUT2D eigenvalue weighted by atomic mass is 9.82. The lowest BCUT2D eigenvalue weighted by Crippen LogP contribution is -2.37. The van der Waals surface area contributed by atoms with Crippen LogP contribution in [0, 0.1) is 17.8 Å². The van der Waals surface area contributed by atoms with Gasteiger partial charge in [-0.3, -0.25) is 4.79 Å². The van der Waals surface area contributed by atoms with Crippen molar-refractivity contribution in [1.82, 2.24) is 5.32 Å². The summed E-state index contributed by atoms with van der Waals surface area (Å²) in [5, 5.41) is 3.00. The molecule has 3 unspecified atom stereocenters. The zero-order valence-electron chi connectivity index (χ0n) is 10.4. The smallest absolute Gasteiger partial charge is 0.224 e. The third kappa shape index (κ3) is 5.17. The van der Waals surface area contributed by atoms with Gasteiger partial charge in [-0.05, 0) is 24.7 Å². The molecule has 0 heterocycles. The van der Waals surface area contributed by atoms with Crippen LogP contribution in [0.2, 0.25) is 0 Å². The molecule has 0 aromatic heterocycles. The van der Waals surface area contributed by atoms with Crippen LogP contribution in [0.4, 0.5) is 0 Å². The van der Waals surface area contributed by atoms with E-state index in [-0.39, 0.29) is 24.2 Å². The summed E-state index contributed by atoms with van der Waals surface area (Å²) in [6.07, 6.45) is 5.19. The quantitative estimate of drug-likeness (QED) is 0.799. The minimum Gasteiger partial charge on any atom is -0.356 e. The SMILES string of the molecule is CC1CCCC(CNC(=O)C(C)CN)C1.Cl. The van der Waals surface area contributed by atoms with Gasteiger partial charge in [-0.15, -0.1) is 12.4 Å². The fraction of sp³-hybridized carbons (Fsp3) is 0.917. The minimum absolute atomic E-state index is 0. The average molecular weight is 249 g/mol. The Morgan fingerprint density at radius 3 is 2.75 bits per heavy atom. The van der Waals surface area contributed by atoms with E-state index in [2.05, 4.69) is 12.2 Å². The summed E-state index contributed by atoms with van der Waals surface area (Å²) < 4.78 is 0. The molecular weight excluding hydrogens is 224 g/mol. The highest BCUT2D eigenvalue weighted by Crippen LogP contribution is 2.27. The van der Waals surface area contributed by atoms with Crippen LogP contribution in [0.25, 0.3) is 0 Å². The maximum Gasteiger partial charge on any atom is 0.224 e. The second-order valence-corrected chi connectivity index (χ2v) is 5.02. The van der Waals surface area contributed by atoms with Crippen LogP contribution >= 0.6 is 12.4 Å². The molecule has 3 nitrogen and oxygen atoms in total. The van der Waals surface area contributed by atoms with Gasteiger partial charge in [-0.1, -0.05) is 26.7 Å². The number of carbonyl (C=O) groups is 1. The summed E-state index contributed by atoms with van der Waals surface area (Å²) in [6.45, 7) is 5.45. The Balaban J connectivity index is 0.00000225. The number of nitrogens with two attached hydrogens (primary N) is 1. The second kappa shape index (κ2) is 7.91. The van der Waals surface area contributed by atoms with E-state index in [4.69, 9.17) is 5.73 Å². The maximum absolute atomic E-state index is 11.5. The fourth-order valence-electron chi connectivity index (χ4n) is 2.27. The van der Waals surface area contributed by atoms with Crippen molar-refractivity contribution in [3.8, 4) is 0 Å². The number of rotatable bonds is 4. The Morgan fingerprint density at radius 2 is 2.19 bits per heavy atom. The highest BCUT2D eigenvalue weighted by Gasteiger charge is 2.20. The normalized spacial score (nSPS) is 26.7. The lowest BCUT2D eigenvalue weighted by Gasteiger charge is -2.27. The number of hydrogen-bond acceptors (Lipinski definition) is 2. The molecule has 3 atom stereocenters. The predicted octanol–water partition coefficient (Wildman–Crippen LogP) is 1.95. The van der Waals surface area contributed by atoms with E-state index < -0.39 is 0 Å². The topological polar surface area (TPSA) is 55.1 Å². The van der Waals surface area contributed by atoms with Crippen LogP contribution in [0.15, 0.2) is 0 Å². The minimum atomic E-state index is -0.0500. The number of halogens is 1. The molecule has 0 aromatic rings. The second-order valence-electron chi connectivity index (χ2n) is 5.02. The predicted molar refractivity (Wildman–Crippen MR) is 69.6 cm³/mol. The van der Waals surface area contributed by atoms with E-state index in [9.17, 15) is 4.79 Å². The molecule has 0 aromatic carbocycles. The molecule has 1 amide bonds. The van der Waals surface area contributed by atoms with Crippen molar-refractivity contribution < 1.29 is 4.79 Å². The van der Waals surface area contributed by atoms with Gasteiger partial charge < -0.3 is 11.1 Å². The zero-order chi connectivity index (χ0) is 11.3. The summed E-state index contributed by atoms with van der Waals surface area (Å²) in [5.41, 5.74) is 5.44. The Hall–Kier alpha value is -0.280. The summed E-state index contributed by atoms with van der Waals surface area (Å²) in [6, 6.07) is 0. The van der Waals surface area contributed by atoms with Crippen LogP contribution in [-0.4, -0.2) is 19.0 Å². The van der Waals surface area contributed by atoms with E-state index in [1.54, 1.807) is 0 Å². The molecule has 3 N–H and O–H groups in total. The van der Waals surface area contributed by atoms with Crippen molar-refractivity contribution in [3.63, 3.8) is 0 Å². The van der Waals surface area contributed by atoms with Crippen molar-refractivity contribution in [2.75, 3.05) is 13.1 Å². The first-order chi connectivity index (χ1) is 7.13. The molecule has 1 fully saturated rings.